The third kappa shape index (κ3) is 2.34. The lowest BCUT2D eigenvalue weighted by Crippen LogP contribution is -2.23. The maximum Gasteiger partial charge on any atom is 0.103 e. The minimum Gasteiger partial charge on any atom is -0.322 e. The summed E-state index contributed by atoms with van der Waals surface area (Å²) in [6.07, 6.45) is 4.99. The normalized spacial score (nSPS) is 24.7. The molecule has 0 aliphatic carbocycles. The molecule has 1 aliphatic heterocycles. The monoisotopic (exact) mass is 189 g/mol. The first-order chi connectivity index (χ1) is 5.54. The average Bonchev–Trinajstić information content (AvgIpc) is 2.36. The second kappa shape index (κ2) is 3.93. The summed E-state index contributed by atoms with van der Waals surface area (Å²) < 4.78 is 12.1. The van der Waals surface area contributed by atoms with Crippen molar-refractivity contribution in [1.29, 1.82) is 0 Å². The van der Waals surface area contributed by atoms with E-state index < -0.39 is 7.14 Å². The zero-order valence-electron chi connectivity index (χ0n) is 8.12. The summed E-state index contributed by atoms with van der Waals surface area (Å²) in [5.74, 6) is 0.562. The van der Waals surface area contributed by atoms with Gasteiger partial charge in [0.15, 0.2) is 0 Å². The molecule has 0 spiro atoms. The molecule has 2 nitrogen and oxygen atoms in total. The molecule has 1 atom stereocenters. The van der Waals surface area contributed by atoms with Crippen molar-refractivity contribution in [3.63, 3.8) is 0 Å². The first-order valence-corrected chi connectivity index (χ1v) is 7.02. The van der Waals surface area contributed by atoms with Gasteiger partial charge in [0.05, 0.1) is 5.78 Å². The van der Waals surface area contributed by atoms with Crippen molar-refractivity contribution in [2.75, 3.05) is 12.3 Å². The molecule has 3 heteroatoms. The van der Waals surface area contributed by atoms with E-state index in [4.69, 9.17) is 5.73 Å². The number of rotatable bonds is 3. The molecule has 0 bridgehead atoms. The van der Waals surface area contributed by atoms with Gasteiger partial charge in [0.2, 0.25) is 0 Å². The molecule has 0 aromatic rings. The highest BCUT2D eigenvalue weighted by atomic mass is 31.2. The smallest absolute Gasteiger partial charge is 0.103 e. The highest BCUT2D eigenvalue weighted by Gasteiger charge is 2.33. The molecule has 72 valence electrons. The van der Waals surface area contributed by atoms with Gasteiger partial charge in [-0.15, -0.1) is 0 Å². The molecular weight excluding hydrogens is 169 g/mol. The van der Waals surface area contributed by atoms with Gasteiger partial charge >= 0.3 is 0 Å². The minimum atomic E-state index is -1.94. The Morgan fingerprint density at radius 2 is 1.83 bits per heavy atom. The van der Waals surface area contributed by atoms with Crippen molar-refractivity contribution >= 4 is 7.14 Å². The van der Waals surface area contributed by atoms with Crippen LogP contribution in [0.5, 0.6) is 0 Å². The van der Waals surface area contributed by atoms with Crippen LogP contribution in [0.1, 0.15) is 33.1 Å². The van der Waals surface area contributed by atoms with Crippen LogP contribution >= 0.6 is 7.14 Å². The number of nitrogens with two attached hydrogens (primary N) is 1. The van der Waals surface area contributed by atoms with E-state index in [-0.39, 0.29) is 5.78 Å². The summed E-state index contributed by atoms with van der Waals surface area (Å²) >= 11 is 0. The molecule has 0 aromatic carbocycles. The molecule has 12 heavy (non-hydrogen) atoms. The Kier molecular flexibility index (Phi) is 3.37. The van der Waals surface area contributed by atoms with Crippen LogP contribution < -0.4 is 5.73 Å². The van der Waals surface area contributed by atoms with Gasteiger partial charge in [-0.2, -0.15) is 0 Å². The molecular formula is C9H20NOP. The highest BCUT2D eigenvalue weighted by molar-refractivity contribution is 7.64. The quantitative estimate of drug-likeness (QED) is 0.693. The number of hydrogen-bond acceptors (Lipinski definition) is 2. The summed E-state index contributed by atoms with van der Waals surface area (Å²) in [6, 6.07) is 0. The molecule has 1 heterocycles. The predicted octanol–water partition coefficient (Wildman–Crippen LogP) is 2.47. The summed E-state index contributed by atoms with van der Waals surface area (Å²) in [6.45, 7) is 4.28. The van der Waals surface area contributed by atoms with Gasteiger partial charge in [0, 0.05) is 12.3 Å². The lowest BCUT2D eigenvalue weighted by atomic mass is 10.1. The van der Waals surface area contributed by atoms with Gasteiger partial charge in [-0.1, -0.05) is 13.8 Å². The van der Waals surface area contributed by atoms with Crippen molar-refractivity contribution in [1.82, 2.24) is 0 Å². The summed E-state index contributed by atoms with van der Waals surface area (Å²) in [5.41, 5.74) is 5.95. The fraction of sp³-hybridized carbons (Fsp3) is 1.00. The molecule has 1 aliphatic rings. The first-order valence-electron chi connectivity index (χ1n) is 4.88. The van der Waals surface area contributed by atoms with Crippen molar-refractivity contribution in [3.8, 4) is 0 Å². The topological polar surface area (TPSA) is 43.1 Å². The maximum atomic E-state index is 12.1. The molecule has 1 rings (SSSR count). The largest absolute Gasteiger partial charge is 0.322 e. The molecule has 1 fully saturated rings. The third-order valence-electron chi connectivity index (χ3n) is 2.64. The minimum absolute atomic E-state index is 0.0139. The van der Waals surface area contributed by atoms with Crippen LogP contribution in [-0.4, -0.2) is 18.1 Å². The van der Waals surface area contributed by atoms with E-state index in [0.717, 1.165) is 31.6 Å². The van der Waals surface area contributed by atoms with Crippen LogP contribution in [0.15, 0.2) is 0 Å². The Morgan fingerprint density at radius 1 is 1.33 bits per heavy atom. The molecule has 1 saturated heterocycles. The van der Waals surface area contributed by atoms with Gasteiger partial charge < -0.3 is 10.3 Å². The molecule has 2 N–H and O–H groups in total. The molecule has 0 amide bonds. The molecule has 0 saturated carbocycles. The molecule has 0 radical (unpaired) electrons. The standard InChI is InChI=1S/C9H20NOP/c1-8(2)7-9(10)12(11)5-3-4-6-12/h8-9H,3-7,10H2,1-2H3. The molecule has 0 aromatic heterocycles. The fourth-order valence-corrected chi connectivity index (χ4v) is 5.09. The lowest BCUT2D eigenvalue weighted by molar-refractivity contribution is 0.528. The van der Waals surface area contributed by atoms with E-state index in [2.05, 4.69) is 13.8 Å². The highest BCUT2D eigenvalue weighted by Crippen LogP contribution is 2.55. The van der Waals surface area contributed by atoms with Crippen molar-refractivity contribution in [3.05, 3.63) is 0 Å². The second-order valence-corrected chi connectivity index (χ2v) is 7.77. The van der Waals surface area contributed by atoms with Crippen molar-refractivity contribution in [2.24, 2.45) is 11.7 Å². The van der Waals surface area contributed by atoms with Crippen molar-refractivity contribution in [2.45, 2.75) is 38.9 Å². The summed E-state index contributed by atoms with van der Waals surface area (Å²) in [5, 5.41) is 0. The first kappa shape index (κ1) is 10.3. The maximum absolute atomic E-state index is 12.1. The van der Waals surface area contributed by atoms with Gasteiger partial charge in [0.25, 0.3) is 0 Å². The summed E-state index contributed by atoms with van der Waals surface area (Å²) in [7, 11) is -1.94. The predicted molar refractivity (Wildman–Crippen MR) is 54.0 cm³/mol. The Hall–Kier alpha value is 0.190. The van der Waals surface area contributed by atoms with E-state index in [0.29, 0.717) is 5.92 Å². The Labute approximate surface area is 75.3 Å². The van der Waals surface area contributed by atoms with Crippen LogP contribution in [0.25, 0.3) is 0 Å². The van der Waals surface area contributed by atoms with E-state index in [1.807, 2.05) is 0 Å². The van der Waals surface area contributed by atoms with E-state index in [1.165, 1.54) is 0 Å². The van der Waals surface area contributed by atoms with Crippen LogP contribution in [0.2, 0.25) is 0 Å². The summed E-state index contributed by atoms with van der Waals surface area (Å²) in [4.78, 5) is 0. The lowest BCUT2D eigenvalue weighted by Gasteiger charge is -2.21. The van der Waals surface area contributed by atoms with Gasteiger partial charge in [-0.05, 0) is 25.2 Å². The molecule has 1 unspecified atom stereocenters. The van der Waals surface area contributed by atoms with E-state index >= 15 is 0 Å². The zero-order valence-corrected chi connectivity index (χ0v) is 9.02. The van der Waals surface area contributed by atoms with E-state index in [1.54, 1.807) is 0 Å². The second-order valence-electron chi connectivity index (χ2n) is 4.30. The van der Waals surface area contributed by atoms with Crippen molar-refractivity contribution < 1.29 is 4.57 Å². The van der Waals surface area contributed by atoms with Crippen LogP contribution in [0.4, 0.5) is 0 Å². The number of hydrogen-bond donors (Lipinski definition) is 1. The Morgan fingerprint density at radius 3 is 2.25 bits per heavy atom. The van der Waals surface area contributed by atoms with Gasteiger partial charge in [-0.3, -0.25) is 0 Å². The van der Waals surface area contributed by atoms with Crippen LogP contribution in [0, 0.1) is 5.92 Å². The van der Waals surface area contributed by atoms with Gasteiger partial charge in [-0.25, -0.2) is 0 Å². The Balaban J connectivity index is 2.50. The SMILES string of the molecule is CC(C)CC(N)P1(=O)CCCC1. The van der Waals surface area contributed by atoms with Gasteiger partial charge in [0.1, 0.15) is 7.14 Å². The fourth-order valence-electron chi connectivity index (χ4n) is 1.88. The zero-order chi connectivity index (χ0) is 9.19. The average molecular weight is 189 g/mol. The van der Waals surface area contributed by atoms with E-state index in [9.17, 15) is 4.57 Å². The van der Waals surface area contributed by atoms with Crippen LogP contribution in [0.3, 0.4) is 0 Å². The van der Waals surface area contributed by atoms with Crippen LogP contribution in [-0.2, 0) is 4.57 Å². The Bertz CT molecular complexity index is 181. The third-order valence-corrected chi connectivity index (χ3v) is 6.21.